The third kappa shape index (κ3) is 3.46. The molecule has 0 bridgehead atoms. The van der Waals surface area contributed by atoms with E-state index in [9.17, 15) is 13.2 Å². The Balaban J connectivity index is 1.72. The van der Waals surface area contributed by atoms with Crippen LogP contribution >= 0.6 is 0 Å². The highest BCUT2D eigenvalue weighted by atomic mass is 32.2. The minimum absolute atomic E-state index is 0.219. The largest absolute Gasteiger partial charge is 0.465 e. The van der Waals surface area contributed by atoms with E-state index in [1.807, 2.05) is 6.07 Å². The highest BCUT2D eigenvalue weighted by molar-refractivity contribution is 7.90. The van der Waals surface area contributed by atoms with E-state index in [0.29, 0.717) is 37.2 Å². The summed E-state index contributed by atoms with van der Waals surface area (Å²) in [7, 11) is -1.88. The van der Waals surface area contributed by atoms with Gasteiger partial charge in [-0.15, -0.1) is 0 Å². The standard InChI is InChI=1S/C19H21N3O4S/c1-26-19(23)16-11-13-6-9-22(27(24,25)15-4-5-15)10-7-17(13)21-18(16)14-3-2-8-20-12-14/h2-3,8,11-12,15H,4-7,9-10H2,1H3. The van der Waals surface area contributed by atoms with Gasteiger partial charge in [-0.1, -0.05) is 0 Å². The van der Waals surface area contributed by atoms with Crippen LogP contribution in [-0.2, 0) is 27.6 Å². The number of fused-ring (bicyclic) bond motifs is 1. The number of sulfonamides is 1. The predicted molar refractivity (Wildman–Crippen MR) is 99.7 cm³/mol. The summed E-state index contributed by atoms with van der Waals surface area (Å²) in [5, 5.41) is -0.219. The molecular weight excluding hydrogens is 366 g/mol. The van der Waals surface area contributed by atoms with E-state index in [4.69, 9.17) is 9.72 Å². The van der Waals surface area contributed by atoms with E-state index < -0.39 is 16.0 Å². The molecule has 1 aliphatic heterocycles. The molecule has 2 aromatic rings. The van der Waals surface area contributed by atoms with E-state index in [0.717, 1.165) is 29.7 Å². The third-order valence-electron chi connectivity index (χ3n) is 5.07. The van der Waals surface area contributed by atoms with E-state index >= 15 is 0 Å². The fourth-order valence-corrected chi connectivity index (χ4v) is 5.28. The zero-order valence-corrected chi connectivity index (χ0v) is 15.9. The Morgan fingerprint density at radius 1 is 1.26 bits per heavy atom. The van der Waals surface area contributed by atoms with Crippen molar-refractivity contribution in [2.24, 2.45) is 0 Å². The molecule has 0 N–H and O–H groups in total. The lowest BCUT2D eigenvalue weighted by Crippen LogP contribution is -2.35. The first-order valence-electron chi connectivity index (χ1n) is 9.01. The van der Waals surface area contributed by atoms with Gasteiger partial charge in [-0.3, -0.25) is 9.97 Å². The Kier molecular flexibility index (Phi) is 4.69. The van der Waals surface area contributed by atoms with Crippen LogP contribution in [0.15, 0.2) is 30.6 Å². The number of hydrogen-bond donors (Lipinski definition) is 0. The lowest BCUT2D eigenvalue weighted by atomic mass is 10.0. The van der Waals surface area contributed by atoms with E-state index in [1.165, 1.54) is 7.11 Å². The maximum atomic E-state index is 12.6. The summed E-state index contributed by atoms with van der Waals surface area (Å²) >= 11 is 0. The van der Waals surface area contributed by atoms with Crippen molar-refractivity contribution < 1.29 is 17.9 Å². The third-order valence-corrected chi connectivity index (χ3v) is 7.46. The molecule has 2 aromatic heterocycles. The second-order valence-electron chi connectivity index (χ2n) is 6.87. The highest BCUT2D eigenvalue weighted by Gasteiger charge is 2.40. The molecule has 1 saturated carbocycles. The van der Waals surface area contributed by atoms with Crippen LogP contribution in [0.4, 0.5) is 0 Å². The summed E-state index contributed by atoms with van der Waals surface area (Å²) in [4.78, 5) is 21.1. The van der Waals surface area contributed by atoms with E-state index in [2.05, 4.69) is 4.98 Å². The molecule has 0 radical (unpaired) electrons. The number of methoxy groups -OCH3 is 1. The number of carbonyl (C=O) groups excluding carboxylic acids is 1. The normalized spacial score (nSPS) is 17.8. The number of rotatable bonds is 4. The summed E-state index contributed by atoms with van der Waals surface area (Å²) in [5.74, 6) is -0.462. The molecule has 1 aliphatic carbocycles. The summed E-state index contributed by atoms with van der Waals surface area (Å²) in [6.45, 7) is 0.837. The second-order valence-corrected chi connectivity index (χ2v) is 9.08. The van der Waals surface area contributed by atoms with Crippen molar-refractivity contribution in [3.63, 3.8) is 0 Å². The van der Waals surface area contributed by atoms with Gasteiger partial charge in [0.05, 0.1) is 23.6 Å². The Bertz CT molecular complexity index is 972. The summed E-state index contributed by atoms with van der Waals surface area (Å²) < 4.78 is 31.7. The molecule has 0 amide bonds. The predicted octanol–water partition coefficient (Wildman–Crippen LogP) is 1.82. The Morgan fingerprint density at radius 2 is 2.04 bits per heavy atom. The minimum Gasteiger partial charge on any atom is -0.465 e. The van der Waals surface area contributed by atoms with Gasteiger partial charge >= 0.3 is 5.97 Å². The molecule has 0 atom stereocenters. The number of pyridine rings is 2. The molecule has 4 rings (SSSR count). The Labute approximate surface area is 158 Å². The Morgan fingerprint density at radius 3 is 2.70 bits per heavy atom. The van der Waals surface area contributed by atoms with Gasteiger partial charge in [0.2, 0.25) is 10.0 Å². The molecule has 0 aromatic carbocycles. The molecular formula is C19H21N3O4S. The van der Waals surface area contributed by atoms with Crippen LogP contribution in [0.25, 0.3) is 11.3 Å². The van der Waals surface area contributed by atoms with Crippen molar-refractivity contribution in [3.8, 4) is 11.3 Å². The first kappa shape index (κ1) is 18.1. The number of hydrogen-bond acceptors (Lipinski definition) is 6. The maximum absolute atomic E-state index is 12.6. The van der Waals surface area contributed by atoms with Crippen LogP contribution in [0.5, 0.6) is 0 Å². The van der Waals surface area contributed by atoms with Gasteiger partial charge in [-0.2, -0.15) is 0 Å². The molecule has 8 heteroatoms. The summed E-state index contributed by atoms with van der Waals surface area (Å²) in [6.07, 6.45) is 5.87. The highest BCUT2D eigenvalue weighted by Crippen LogP contribution is 2.33. The topological polar surface area (TPSA) is 89.5 Å². The minimum atomic E-state index is -3.22. The van der Waals surface area contributed by atoms with Crippen molar-refractivity contribution in [2.75, 3.05) is 20.2 Å². The first-order valence-corrected chi connectivity index (χ1v) is 10.5. The van der Waals surface area contributed by atoms with Crippen LogP contribution in [0, 0.1) is 0 Å². The number of aromatic nitrogens is 2. The van der Waals surface area contributed by atoms with Gasteiger partial charge in [0.1, 0.15) is 0 Å². The molecule has 1 fully saturated rings. The molecule has 0 spiro atoms. The fraction of sp³-hybridized carbons (Fsp3) is 0.421. The molecule has 0 unspecified atom stereocenters. The molecule has 142 valence electrons. The Hall–Kier alpha value is -2.32. The first-order chi connectivity index (χ1) is 13.0. The van der Waals surface area contributed by atoms with Gasteiger partial charge in [-0.05, 0) is 43.0 Å². The zero-order chi connectivity index (χ0) is 19.0. The molecule has 7 nitrogen and oxygen atoms in total. The maximum Gasteiger partial charge on any atom is 0.340 e. The molecule has 3 heterocycles. The van der Waals surface area contributed by atoms with Crippen molar-refractivity contribution in [2.45, 2.75) is 30.9 Å². The monoisotopic (exact) mass is 387 g/mol. The number of nitrogens with zero attached hydrogens (tertiary/aromatic N) is 3. The zero-order valence-electron chi connectivity index (χ0n) is 15.1. The number of ether oxygens (including phenoxy) is 1. The number of carbonyl (C=O) groups is 1. The van der Waals surface area contributed by atoms with Crippen LogP contribution in [-0.4, -0.2) is 54.1 Å². The van der Waals surface area contributed by atoms with E-state index in [-0.39, 0.29) is 5.25 Å². The fourth-order valence-electron chi connectivity index (χ4n) is 3.43. The smallest absolute Gasteiger partial charge is 0.340 e. The van der Waals surface area contributed by atoms with Crippen LogP contribution in [0.3, 0.4) is 0 Å². The van der Waals surface area contributed by atoms with Gasteiger partial charge in [-0.25, -0.2) is 17.5 Å². The quantitative estimate of drug-likeness (QED) is 0.744. The van der Waals surface area contributed by atoms with E-state index in [1.54, 1.807) is 28.8 Å². The lowest BCUT2D eigenvalue weighted by Gasteiger charge is -2.19. The second kappa shape index (κ2) is 7.01. The summed E-state index contributed by atoms with van der Waals surface area (Å²) in [5.41, 5.74) is 3.36. The van der Waals surface area contributed by atoms with Crippen LogP contribution < -0.4 is 0 Å². The molecule has 27 heavy (non-hydrogen) atoms. The average Bonchev–Trinajstić information content (AvgIpc) is 3.54. The van der Waals surface area contributed by atoms with Gasteiger partial charge in [0, 0.05) is 43.2 Å². The SMILES string of the molecule is COC(=O)c1cc2c(nc1-c1cccnc1)CCN(S(=O)(=O)C1CC1)CC2. The van der Waals surface area contributed by atoms with Gasteiger partial charge < -0.3 is 4.74 Å². The van der Waals surface area contributed by atoms with Crippen molar-refractivity contribution in [1.82, 2.24) is 14.3 Å². The number of esters is 1. The molecule has 2 aliphatic rings. The van der Waals surface area contributed by atoms with Crippen molar-refractivity contribution in [1.29, 1.82) is 0 Å². The van der Waals surface area contributed by atoms with Crippen molar-refractivity contribution >= 4 is 16.0 Å². The van der Waals surface area contributed by atoms with Crippen LogP contribution in [0.2, 0.25) is 0 Å². The van der Waals surface area contributed by atoms with Crippen LogP contribution in [0.1, 0.15) is 34.5 Å². The average molecular weight is 387 g/mol. The van der Waals surface area contributed by atoms with Gasteiger partial charge in [0.25, 0.3) is 0 Å². The lowest BCUT2D eigenvalue weighted by molar-refractivity contribution is 0.0601. The van der Waals surface area contributed by atoms with Crippen molar-refractivity contribution in [3.05, 3.63) is 47.4 Å². The molecule has 0 saturated heterocycles. The van der Waals surface area contributed by atoms with Gasteiger partial charge in [0.15, 0.2) is 0 Å². The summed E-state index contributed by atoms with van der Waals surface area (Å²) in [6, 6.07) is 5.42.